The van der Waals surface area contributed by atoms with Gasteiger partial charge in [0.05, 0.1) is 0 Å². The van der Waals surface area contributed by atoms with Gasteiger partial charge in [-0.1, -0.05) is 23.5 Å². The van der Waals surface area contributed by atoms with E-state index in [1.165, 1.54) is 17.4 Å². The lowest BCUT2D eigenvalue weighted by atomic mass is 10.1. The van der Waals surface area contributed by atoms with Crippen LogP contribution in [-0.4, -0.2) is 57.3 Å². The molecule has 132 valence electrons. The fourth-order valence-corrected chi connectivity index (χ4v) is 3.73. The number of hydrogen-bond acceptors (Lipinski definition) is 7. The minimum absolute atomic E-state index is 0.0630. The van der Waals surface area contributed by atoms with Crippen LogP contribution in [0.15, 0.2) is 48.7 Å². The topological polar surface area (TPSA) is 82.5 Å². The minimum Gasteiger partial charge on any atom is -0.508 e. The minimum atomic E-state index is -0.0630. The summed E-state index contributed by atoms with van der Waals surface area (Å²) in [6.45, 7) is 2.60. The molecule has 0 saturated carbocycles. The van der Waals surface area contributed by atoms with Gasteiger partial charge in [0.1, 0.15) is 11.4 Å². The zero-order chi connectivity index (χ0) is 17.9. The van der Waals surface area contributed by atoms with E-state index in [9.17, 15) is 9.90 Å². The molecule has 1 N–H and O–H groups in total. The summed E-state index contributed by atoms with van der Waals surface area (Å²) in [6, 6.07) is 12.2. The van der Waals surface area contributed by atoms with Gasteiger partial charge >= 0.3 is 0 Å². The van der Waals surface area contributed by atoms with E-state index < -0.39 is 0 Å². The number of amides is 1. The van der Waals surface area contributed by atoms with Gasteiger partial charge in [0, 0.05) is 37.9 Å². The van der Waals surface area contributed by atoms with E-state index in [0.29, 0.717) is 31.7 Å². The van der Waals surface area contributed by atoms with Gasteiger partial charge in [-0.2, -0.15) is 0 Å². The van der Waals surface area contributed by atoms with Crippen molar-refractivity contribution in [1.29, 1.82) is 0 Å². The summed E-state index contributed by atoms with van der Waals surface area (Å²) in [7, 11) is 0. The number of aromatic nitrogens is 3. The number of carbonyl (C=O) groups is 1. The normalized spacial score (nSPS) is 14.5. The molecule has 0 unspecified atom stereocenters. The van der Waals surface area contributed by atoms with Crippen molar-refractivity contribution >= 4 is 22.4 Å². The molecule has 0 spiro atoms. The lowest BCUT2D eigenvalue weighted by Gasteiger charge is -2.34. The summed E-state index contributed by atoms with van der Waals surface area (Å²) in [5.41, 5.74) is 1.32. The van der Waals surface area contributed by atoms with Gasteiger partial charge in [0.25, 0.3) is 5.91 Å². The maximum absolute atomic E-state index is 12.5. The number of piperazine rings is 1. The quantitative estimate of drug-likeness (QED) is 0.765. The molecule has 3 heterocycles. The molecule has 0 bridgehead atoms. The average molecular weight is 367 g/mol. The second-order valence-electron chi connectivity index (χ2n) is 5.93. The molecule has 0 atom stereocenters. The lowest BCUT2D eigenvalue weighted by molar-refractivity contribution is 0.0746. The van der Waals surface area contributed by atoms with Gasteiger partial charge in [-0.3, -0.25) is 9.78 Å². The second kappa shape index (κ2) is 7.09. The summed E-state index contributed by atoms with van der Waals surface area (Å²) < 4.78 is 0. The van der Waals surface area contributed by atoms with Crippen LogP contribution >= 0.6 is 11.3 Å². The van der Waals surface area contributed by atoms with Crippen molar-refractivity contribution in [3.8, 4) is 16.5 Å². The molecule has 1 aliphatic heterocycles. The van der Waals surface area contributed by atoms with Gasteiger partial charge in [-0.05, 0) is 30.3 Å². The third-order valence-electron chi connectivity index (χ3n) is 4.23. The fraction of sp³-hybridized carbons (Fsp3) is 0.222. The Morgan fingerprint density at radius 3 is 2.62 bits per heavy atom. The Kier molecular flexibility index (Phi) is 4.49. The predicted octanol–water partition coefficient (Wildman–Crippen LogP) is 2.27. The molecule has 0 radical (unpaired) electrons. The molecule has 8 heteroatoms. The van der Waals surface area contributed by atoms with E-state index in [4.69, 9.17) is 0 Å². The van der Waals surface area contributed by atoms with Crippen molar-refractivity contribution in [3.63, 3.8) is 0 Å². The van der Waals surface area contributed by atoms with E-state index in [1.807, 2.05) is 18.2 Å². The summed E-state index contributed by atoms with van der Waals surface area (Å²) >= 11 is 1.51. The Labute approximate surface area is 154 Å². The smallest absolute Gasteiger partial charge is 0.254 e. The maximum atomic E-state index is 12.5. The SMILES string of the molecule is O=C(c1cccc(O)c1)N1CCN(c2nnc(-c3ccccn3)s2)CC1. The molecular formula is C18H17N5O2S. The van der Waals surface area contributed by atoms with Crippen LogP contribution in [0.3, 0.4) is 0 Å². The Balaban J connectivity index is 1.41. The molecule has 1 saturated heterocycles. The highest BCUT2D eigenvalue weighted by atomic mass is 32.1. The molecule has 4 rings (SSSR count). The van der Waals surface area contributed by atoms with Crippen LogP contribution in [0.5, 0.6) is 5.75 Å². The van der Waals surface area contributed by atoms with Crippen molar-refractivity contribution < 1.29 is 9.90 Å². The predicted molar refractivity (Wildman–Crippen MR) is 99.4 cm³/mol. The van der Waals surface area contributed by atoms with Crippen molar-refractivity contribution in [2.45, 2.75) is 0 Å². The monoisotopic (exact) mass is 367 g/mol. The Hall–Kier alpha value is -3.00. The van der Waals surface area contributed by atoms with E-state index in [2.05, 4.69) is 20.1 Å². The summed E-state index contributed by atoms with van der Waals surface area (Å²) in [4.78, 5) is 20.8. The first kappa shape index (κ1) is 16.5. The lowest BCUT2D eigenvalue weighted by Crippen LogP contribution is -2.48. The third-order valence-corrected chi connectivity index (χ3v) is 5.24. The maximum Gasteiger partial charge on any atom is 0.254 e. The number of anilines is 1. The van der Waals surface area contributed by atoms with E-state index in [-0.39, 0.29) is 11.7 Å². The molecule has 26 heavy (non-hydrogen) atoms. The Morgan fingerprint density at radius 1 is 1.04 bits per heavy atom. The molecule has 3 aromatic rings. The first-order chi connectivity index (χ1) is 12.7. The number of aromatic hydroxyl groups is 1. The first-order valence-corrected chi connectivity index (χ1v) is 9.10. The van der Waals surface area contributed by atoms with E-state index in [0.717, 1.165) is 15.8 Å². The molecular weight excluding hydrogens is 350 g/mol. The summed E-state index contributed by atoms with van der Waals surface area (Å²) in [5.74, 6) is 0.0392. The number of benzene rings is 1. The van der Waals surface area contributed by atoms with Gasteiger partial charge in [-0.25, -0.2) is 0 Å². The highest BCUT2D eigenvalue weighted by molar-refractivity contribution is 7.18. The average Bonchev–Trinajstić information content (AvgIpc) is 3.18. The van der Waals surface area contributed by atoms with Crippen LogP contribution in [0.25, 0.3) is 10.7 Å². The Morgan fingerprint density at radius 2 is 1.88 bits per heavy atom. The van der Waals surface area contributed by atoms with E-state index >= 15 is 0 Å². The highest BCUT2D eigenvalue weighted by Crippen LogP contribution is 2.28. The van der Waals surface area contributed by atoms with Crippen molar-refractivity contribution in [2.24, 2.45) is 0 Å². The van der Waals surface area contributed by atoms with Gasteiger partial charge in [-0.15, -0.1) is 10.2 Å². The number of nitrogens with zero attached hydrogens (tertiary/aromatic N) is 5. The van der Waals surface area contributed by atoms with Crippen LogP contribution in [-0.2, 0) is 0 Å². The number of phenols is 1. The summed E-state index contributed by atoms with van der Waals surface area (Å²) in [6.07, 6.45) is 1.74. The van der Waals surface area contributed by atoms with Crippen molar-refractivity contribution in [1.82, 2.24) is 20.1 Å². The molecule has 7 nitrogen and oxygen atoms in total. The Bertz CT molecular complexity index is 907. The van der Waals surface area contributed by atoms with E-state index in [1.54, 1.807) is 29.3 Å². The standard InChI is InChI=1S/C18H17N5O2S/c24-14-5-3-4-13(12-14)17(25)22-8-10-23(11-9-22)18-21-20-16(26-18)15-6-1-2-7-19-15/h1-7,12,24H,8-11H2. The molecule has 1 fully saturated rings. The van der Waals surface area contributed by atoms with Crippen LogP contribution in [0.2, 0.25) is 0 Å². The summed E-state index contributed by atoms with van der Waals surface area (Å²) in [5, 5.41) is 19.7. The van der Waals surface area contributed by atoms with Gasteiger partial charge in [0.15, 0.2) is 5.01 Å². The number of pyridine rings is 1. The number of rotatable bonds is 3. The van der Waals surface area contributed by atoms with Crippen LogP contribution in [0.1, 0.15) is 10.4 Å². The highest BCUT2D eigenvalue weighted by Gasteiger charge is 2.24. The number of phenolic OH excluding ortho intramolecular Hbond substituents is 1. The third kappa shape index (κ3) is 3.36. The number of hydrogen-bond donors (Lipinski definition) is 1. The molecule has 1 aromatic carbocycles. The molecule has 0 aliphatic carbocycles. The largest absolute Gasteiger partial charge is 0.508 e. The molecule has 1 aliphatic rings. The van der Waals surface area contributed by atoms with Crippen LogP contribution in [0.4, 0.5) is 5.13 Å². The van der Waals surface area contributed by atoms with Gasteiger partial charge < -0.3 is 14.9 Å². The van der Waals surface area contributed by atoms with Crippen LogP contribution in [0, 0.1) is 0 Å². The number of carbonyl (C=O) groups excluding carboxylic acids is 1. The molecule has 2 aromatic heterocycles. The zero-order valence-corrected chi connectivity index (χ0v) is 14.8. The second-order valence-corrected chi connectivity index (χ2v) is 6.89. The van der Waals surface area contributed by atoms with Crippen LogP contribution < -0.4 is 4.90 Å². The van der Waals surface area contributed by atoms with Crippen molar-refractivity contribution in [2.75, 3.05) is 31.1 Å². The van der Waals surface area contributed by atoms with Gasteiger partial charge in [0.2, 0.25) is 5.13 Å². The van der Waals surface area contributed by atoms with Crippen molar-refractivity contribution in [3.05, 3.63) is 54.2 Å². The zero-order valence-electron chi connectivity index (χ0n) is 13.9. The first-order valence-electron chi connectivity index (χ1n) is 8.29. The fourth-order valence-electron chi connectivity index (χ4n) is 2.86. The molecule has 1 amide bonds.